The maximum Gasteiger partial charge on any atom is 0.323 e. The largest absolute Gasteiger partial charge is 0.497 e. The standard InChI is InChI=1S/C14H21NO3/c1-10(2)7-13(15)14(16)18-9-11-5-4-6-12(8-11)17-3/h4-6,8,10,13H,7,9,15H2,1-3H3/t13-/m0/s1. The zero-order valence-corrected chi connectivity index (χ0v) is 11.2. The molecule has 1 aromatic carbocycles. The molecule has 0 saturated heterocycles. The Morgan fingerprint density at radius 3 is 2.72 bits per heavy atom. The highest BCUT2D eigenvalue weighted by Crippen LogP contribution is 2.13. The quantitative estimate of drug-likeness (QED) is 0.787. The Hall–Kier alpha value is -1.55. The minimum absolute atomic E-state index is 0.224. The summed E-state index contributed by atoms with van der Waals surface area (Å²) >= 11 is 0. The van der Waals surface area contributed by atoms with Crippen LogP contribution < -0.4 is 10.5 Å². The van der Waals surface area contributed by atoms with Crippen LogP contribution in [-0.2, 0) is 16.1 Å². The maximum atomic E-state index is 11.6. The molecule has 1 aromatic rings. The van der Waals surface area contributed by atoms with Crippen molar-refractivity contribution in [3.8, 4) is 5.75 Å². The van der Waals surface area contributed by atoms with Gasteiger partial charge in [0.25, 0.3) is 0 Å². The van der Waals surface area contributed by atoms with Gasteiger partial charge in [0.2, 0.25) is 0 Å². The van der Waals surface area contributed by atoms with E-state index in [-0.39, 0.29) is 12.6 Å². The van der Waals surface area contributed by atoms with Crippen molar-refractivity contribution in [1.29, 1.82) is 0 Å². The molecule has 18 heavy (non-hydrogen) atoms. The zero-order valence-electron chi connectivity index (χ0n) is 11.2. The van der Waals surface area contributed by atoms with Crippen LogP contribution in [0.5, 0.6) is 5.75 Å². The van der Waals surface area contributed by atoms with Gasteiger partial charge >= 0.3 is 5.97 Å². The Morgan fingerprint density at radius 1 is 1.39 bits per heavy atom. The first-order valence-corrected chi connectivity index (χ1v) is 6.08. The number of methoxy groups -OCH3 is 1. The highest BCUT2D eigenvalue weighted by Gasteiger charge is 2.16. The Labute approximate surface area is 108 Å². The molecule has 0 aliphatic heterocycles. The first-order chi connectivity index (χ1) is 8.52. The van der Waals surface area contributed by atoms with Gasteiger partial charge in [0.1, 0.15) is 18.4 Å². The summed E-state index contributed by atoms with van der Waals surface area (Å²) in [5.74, 6) is 0.769. The summed E-state index contributed by atoms with van der Waals surface area (Å²) < 4.78 is 10.3. The lowest BCUT2D eigenvalue weighted by atomic mass is 10.1. The van der Waals surface area contributed by atoms with Gasteiger partial charge in [-0.05, 0) is 30.0 Å². The van der Waals surface area contributed by atoms with Crippen LogP contribution in [0.4, 0.5) is 0 Å². The van der Waals surface area contributed by atoms with Crippen molar-refractivity contribution in [3.05, 3.63) is 29.8 Å². The highest BCUT2D eigenvalue weighted by molar-refractivity contribution is 5.75. The molecule has 4 nitrogen and oxygen atoms in total. The average molecular weight is 251 g/mol. The van der Waals surface area contributed by atoms with E-state index < -0.39 is 6.04 Å². The summed E-state index contributed by atoms with van der Waals surface area (Å²) in [5, 5.41) is 0. The number of rotatable bonds is 6. The molecule has 0 unspecified atom stereocenters. The summed E-state index contributed by atoms with van der Waals surface area (Å²) in [7, 11) is 1.60. The maximum absolute atomic E-state index is 11.6. The van der Waals surface area contributed by atoms with Crippen LogP contribution in [0.15, 0.2) is 24.3 Å². The van der Waals surface area contributed by atoms with Gasteiger partial charge in [-0.25, -0.2) is 0 Å². The highest BCUT2D eigenvalue weighted by atomic mass is 16.5. The Balaban J connectivity index is 2.46. The Bertz CT molecular complexity index is 390. The van der Waals surface area contributed by atoms with Crippen LogP contribution in [0.1, 0.15) is 25.8 Å². The fourth-order valence-corrected chi connectivity index (χ4v) is 1.63. The van der Waals surface area contributed by atoms with Crippen molar-refractivity contribution in [2.24, 2.45) is 11.7 Å². The molecule has 0 fully saturated rings. The van der Waals surface area contributed by atoms with Gasteiger partial charge < -0.3 is 15.2 Å². The monoisotopic (exact) mass is 251 g/mol. The van der Waals surface area contributed by atoms with Crippen molar-refractivity contribution >= 4 is 5.97 Å². The molecular weight excluding hydrogens is 230 g/mol. The van der Waals surface area contributed by atoms with Crippen LogP contribution in [0.25, 0.3) is 0 Å². The number of hydrogen-bond donors (Lipinski definition) is 1. The smallest absolute Gasteiger partial charge is 0.323 e. The molecule has 1 atom stereocenters. The minimum Gasteiger partial charge on any atom is -0.497 e. The first-order valence-electron chi connectivity index (χ1n) is 6.08. The van der Waals surface area contributed by atoms with Gasteiger partial charge in [-0.1, -0.05) is 26.0 Å². The minimum atomic E-state index is -0.546. The van der Waals surface area contributed by atoms with Gasteiger partial charge in [0.05, 0.1) is 7.11 Å². The SMILES string of the molecule is COc1cccc(COC(=O)[C@@H](N)CC(C)C)c1. The average Bonchev–Trinajstić information content (AvgIpc) is 2.35. The van der Waals surface area contributed by atoms with E-state index in [1.54, 1.807) is 7.11 Å². The topological polar surface area (TPSA) is 61.5 Å². The van der Waals surface area contributed by atoms with Crippen LogP contribution in [0.3, 0.4) is 0 Å². The lowest BCUT2D eigenvalue weighted by Crippen LogP contribution is -2.33. The summed E-state index contributed by atoms with van der Waals surface area (Å²) in [5.41, 5.74) is 6.63. The number of ether oxygens (including phenoxy) is 2. The van der Waals surface area contributed by atoms with E-state index in [9.17, 15) is 4.79 Å². The second-order valence-electron chi connectivity index (χ2n) is 4.70. The lowest BCUT2D eigenvalue weighted by Gasteiger charge is -2.13. The molecule has 0 saturated carbocycles. The molecular formula is C14H21NO3. The molecule has 0 aliphatic rings. The lowest BCUT2D eigenvalue weighted by molar-refractivity contribution is -0.146. The van der Waals surface area contributed by atoms with E-state index >= 15 is 0 Å². The normalized spacial score (nSPS) is 12.3. The Morgan fingerprint density at radius 2 is 2.11 bits per heavy atom. The fraction of sp³-hybridized carbons (Fsp3) is 0.500. The fourth-order valence-electron chi connectivity index (χ4n) is 1.63. The van der Waals surface area contributed by atoms with Crippen LogP contribution >= 0.6 is 0 Å². The van der Waals surface area contributed by atoms with Crippen LogP contribution in [0, 0.1) is 5.92 Å². The number of esters is 1. The van der Waals surface area contributed by atoms with E-state index in [0.717, 1.165) is 11.3 Å². The first kappa shape index (κ1) is 14.5. The number of hydrogen-bond acceptors (Lipinski definition) is 4. The number of nitrogens with two attached hydrogens (primary N) is 1. The molecule has 0 aromatic heterocycles. The van der Waals surface area contributed by atoms with E-state index in [4.69, 9.17) is 15.2 Å². The van der Waals surface area contributed by atoms with E-state index in [0.29, 0.717) is 12.3 Å². The molecule has 0 heterocycles. The summed E-state index contributed by atoms with van der Waals surface area (Å²) in [6.45, 7) is 4.27. The van der Waals surface area contributed by atoms with Crippen molar-refractivity contribution in [3.63, 3.8) is 0 Å². The molecule has 0 spiro atoms. The predicted molar refractivity (Wildman–Crippen MR) is 70.2 cm³/mol. The summed E-state index contributed by atoms with van der Waals surface area (Å²) in [4.78, 5) is 11.6. The van der Waals surface area contributed by atoms with Crippen LogP contribution in [0.2, 0.25) is 0 Å². The molecule has 2 N–H and O–H groups in total. The van der Waals surface area contributed by atoms with Gasteiger partial charge in [0.15, 0.2) is 0 Å². The van der Waals surface area contributed by atoms with E-state index in [1.807, 2.05) is 38.1 Å². The van der Waals surface area contributed by atoms with E-state index in [1.165, 1.54) is 0 Å². The van der Waals surface area contributed by atoms with Crippen molar-refractivity contribution in [2.75, 3.05) is 7.11 Å². The second kappa shape index (κ2) is 7.01. The van der Waals surface area contributed by atoms with Crippen LogP contribution in [-0.4, -0.2) is 19.1 Å². The number of carbonyl (C=O) groups excluding carboxylic acids is 1. The third kappa shape index (κ3) is 4.75. The zero-order chi connectivity index (χ0) is 13.5. The Kier molecular flexibility index (Phi) is 5.65. The molecule has 100 valence electrons. The molecule has 0 amide bonds. The number of benzene rings is 1. The van der Waals surface area contributed by atoms with Crippen molar-refractivity contribution < 1.29 is 14.3 Å². The van der Waals surface area contributed by atoms with Gasteiger partial charge in [0, 0.05) is 0 Å². The molecule has 4 heteroatoms. The van der Waals surface area contributed by atoms with E-state index in [2.05, 4.69) is 0 Å². The number of carbonyl (C=O) groups is 1. The summed E-state index contributed by atoms with van der Waals surface area (Å²) in [6, 6.07) is 6.87. The van der Waals surface area contributed by atoms with Gasteiger partial charge in [-0.2, -0.15) is 0 Å². The molecule has 0 bridgehead atoms. The third-order valence-corrected chi connectivity index (χ3v) is 2.54. The van der Waals surface area contributed by atoms with Crippen molar-refractivity contribution in [1.82, 2.24) is 0 Å². The predicted octanol–water partition coefficient (Wildman–Crippen LogP) is 2.11. The van der Waals surface area contributed by atoms with Crippen molar-refractivity contribution in [2.45, 2.75) is 32.9 Å². The molecule has 1 rings (SSSR count). The van der Waals surface area contributed by atoms with Gasteiger partial charge in [-0.15, -0.1) is 0 Å². The molecule has 0 aliphatic carbocycles. The second-order valence-corrected chi connectivity index (χ2v) is 4.70. The third-order valence-electron chi connectivity index (χ3n) is 2.54. The summed E-state index contributed by atoms with van der Waals surface area (Å²) in [6.07, 6.45) is 0.636. The van der Waals surface area contributed by atoms with Gasteiger partial charge in [-0.3, -0.25) is 4.79 Å². The molecule has 0 radical (unpaired) electrons.